The van der Waals surface area contributed by atoms with Gasteiger partial charge in [0.2, 0.25) is 0 Å². The van der Waals surface area contributed by atoms with E-state index in [0.717, 1.165) is 61.6 Å². The number of nitrogens with zero attached hydrogens (tertiary/aromatic N) is 1. The van der Waals surface area contributed by atoms with Gasteiger partial charge in [0.15, 0.2) is 5.78 Å². The first-order chi connectivity index (χ1) is 26.7. The fourth-order valence-electron chi connectivity index (χ4n) is 9.35. The zero-order valence-corrected chi connectivity index (χ0v) is 29.3. The van der Waals surface area contributed by atoms with E-state index in [1.54, 1.807) is 0 Å². The average Bonchev–Trinajstić information content (AvgIpc) is 3.70. The van der Waals surface area contributed by atoms with Crippen LogP contribution in [0.4, 0.5) is 17.1 Å². The van der Waals surface area contributed by atoms with E-state index in [0.29, 0.717) is 0 Å². The SMILES string of the molecule is O=C1c2ccccc2-c2cccc(-c3ccccc3C#Cc3ccccc3N3c4ccccc4C4(c5ccccc5-c5ccccc54)c4ccccc43)c21. The van der Waals surface area contributed by atoms with E-state index in [2.05, 4.69) is 150 Å². The third-order valence-corrected chi connectivity index (χ3v) is 11.5. The fourth-order valence-corrected chi connectivity index (χ4v) is 9.35. The monoisotopic (exact) mass is 685 g/mol. The number of carbonyl (C=O) groups excluding carboxylic acids is 1. The Morgan fingerprint density at radius 3 is 1.37 bits per heavy atom. The molecular formula is C52H31NO. The van der Waals surface area contributed by atoms with Crippen molar-refractivity contribution in [2.45, 2.75) is 5.41 Å². The molecule has 54 heavy (non-hydrogen) atoms. The molecule has 0 fully saturated rings. The Labute approximate surface area is 314 Å². The number of rotatable bonds is 2. The van der Waals surface area contributed by atoms with Crippen LogP contribution in [0.3, 0.4) is 0 Å². The Balaban J connectivity index is 1.08. The van der Waals surface area contributed by atoms with E-state index in [9.17, 15) is 4.79 Å². The standard InChI is InChI=1S/C52H31NO/c54-51-42-22-5-4-19-37(42)41-24-15-23-40(50(41)51)36-18-3-1-16-34(36)32-33-35-17-2-12-29-47(35)53-48-30-13-10-27-45(48)52(46-28-11-14-31-49(46)53)43-25-8-6-20-38(43)39-21-7-9-26-44(39)52/h1-31H. The first-order valence-electron chi connectivity index (χ1n) is 18.4. The van der Waals surface area contributed by atoms with Gasteiger partial charge in [0.1, 0.15) is 0 Å². The molecule has 0 N–H and O–H groups in total. The van der Waals surface area contributed by atoms with Crippen molar-refractivity contribution >= 4 is 22.8 Å². The van der Waals surface area contributed by atoms with Crippen molar-refractivity contribution in [3.63, 3.8) is 0 Å². The molecule has 2 heteroatoms. The number of benzene rings is 8. The van der Waals surface area contributed by atoms with Crippen molar-refractivity contribution in [1.29, 1.82) is 0 Å². The van der Waals surface area contributed by atoms with Crippen LogP contribution in [0.5, 0.6) is 0 Å². The second kappa shape index (κ2) is 11.7. The summed E-state index contributed by atoms with van der Waals surface area (Å²) in [6, 6.07) is 66.2. The van der Waals surface area contributed by atoms with Gasteiger partial charge in [-0.1, -0.05) is 170 Å². The van der Waals surface area contributed by atoms with Crippen LogP contribution in [-0.2, 0) is 5.41 Å². The molecule has 0 bridgehead atoms. The van der Waals surface area contributed by atoms with Gasteiger partial charge in [-0.15, -0.1) is 0 Å². The maximum atomic E-state index is 13.8. The molecule has 0 saturated carbocycles. The molecule has 2 nitrogen and oxygen atoms in total. The van der Waals surface area contributed by atoms with Gasteiger partial charge in [-0.25, -0.2) is 0 Å². The van der Waals surface area contributed by atoms with E-state index in [4.69, 9.17) is 0 Å². The molecule has 0 unspecified atom stereocenters. The molecule has 1 heterocycles. The van der Waals surface area contributed by atoms with E-state index in [1.807, 2.05) is 54.6 Å². The number of hydrogen-bond acceptors (Lipinski definition) is 2. The highest BCUT2D eigenvalue weighted by Crippen LogP contribution is 2.63. The molecule has 8 aromatic rings. The summed E-state index contributed by atoms with van der Waals surface area (Å²) in [6.45, 7) is 0. The number of hydrogen-bond donors (Lipinski definition) is 0. The Kier molecular flexibility index (Phi) is 6.56. The number of carbonyl (C=O) groups is 1. The van der Waals surface area contributed by atoms with Crippen LogP contribution in [0.1, 0.15) is 49.3 Å². The van der Waals surface area contributed by atoms with Crippen LogP contribution in [0.25, 0.3) is 33.4 Å². The molecule has 0 saturated heterocycles. The summed E-state index contributed by atoms with van der Waals surface area (Å²) in [6.07, 6.45) is 0. The largest absolute Gasteiger partial charge is 0.309 e. The summed E-state index contributed by atoms with van der Waals surface area (Å²) in [5.74, 6) is 7.25. The lowest BCUT2D eigenvalue weighted by molar-refractivity contribution is 0.104. The molecule has 2 aliphatic carbocycles. The minimum absolute atomic E-state index is 0.0667. The van der Waals surface area contributed by atoms with Crippen LogP contribution in [0.2, 0.25) is 0 Å². The predicted octanol–water partition coefficient (Wildman–Crippen LogP) is 12.1. The molecule has 0 aromatic heterocycles. The van der Waals surface area contributed by atoms with Gasteiger partial charge in [0.05, 0.1) is 22.5 Å². The summed E-state index contributed by atoms with van der Waals surface area (Å²) >= 11 is 0. The van der Waals surface area contributed by atoms with Gasteiger partial charge in [-0.2, -0.15) is 0 Å². The molecule has 8 aromatic carbocycles. The lowest BCUT2D eigenvalue weighted by Gasteiger charge is -2.45. The van der Waals surface area contributed by atoms with Crippen LogP contribution in [0, 0.1) is 11.8 Å². The fraction of sp³-hybridized carbons (Fsp3) is 0.0192. The van der Waals surface area contributed by atoms with Crippen molar-refractivity contribution in [3.05, 3.63) is 233 Å². The Morgan fingerprint density at radius 2 is 0.741 bits per heavy atom. The highest BCUT2D eigenvalue weighted by atomic mass is 16.1. The summed E-state index contributed by atoms with van der Waals surface area (Å²) in [7, 11) is 0. The summed E-state index contributed by atoms with van der Waals surface area (Å²) < 4.78 is 0. The Hall–Kier alpha value is -7.21. The van der Waals surface area contributed by atoms with E-state index < -0.39 is 5.41 Å². The minimum Gasteiger partial charge on any atom is -0.309 e. The highest BCUT2D eigenvalue weighted by molar-refractivity contribution is 6.24. The van der Waals surface area contributed by atoms with E-state index in [1.165, 1.54) is 33.4 Å². The molecule has 0 atom stereocenters. The van der Waals surface area contributed by atoms with Gasteiger partial charge in [0.25, 0.3) is 0 Å². The second-order valence-electron chi connectivity index (χ2n) is 14.1. The number of para-hydroxylation sites is 3. The number of anilines is 3. The third kappa shape index (κ3) is 4.10. The van der Waals surface area contributed by atoms with Crippen LogP contribution >= 0.6 is 0 Å². The normalized spacial score (nSPS) is 13.6. The van der Waals surface area contributed by atoms with Crippen LogP contribution in [-0.4, -0.2) is 5.78 Å². The minimum atomic E-state index is -0.469. The highest BCUT2D eigenvalue weighted by Gasteiger charge is 2.51. The molecule has 1 aliphatic heterocycles. The van der Waals surface area contributed by atoms with Crippen molar-refractivity contribution in [2.24, 2.45) is 0 Å². The van der Waals surface area contributed by atoms with Gasteiger partial charge in [-0.05, 0) is 86.0 Å². The first-order valence-corrected chi connectivity index (χ1v) is 18.4. The van der Waals surface area contributed by atoms with Crippen LogP contribution < -0.4 is 4.90 Å². The molecule has 250 valence electrons. The number of ketones is 1. The predicted molar refractivity (Wildman–Crippen MR) is 219 cm³/mol. The molecule has 0 radical (unpaired) electrons. The van der Waals surface area contributed by atoms with Gasteiger partial charge >= 0.3 is 0 Å². The zero-order valence-electron chi connectivity index (χ0n) is 29.3. The maximum absolute atomic E-state index is 13.8. The maximum Gasteiger partial charge on any atom is 0.194 e. The molecule has 1 spiro atoms. The molecule has 11 rings (SSSR count). The van der Waals surface area contributed by atoms with Gasteiger partial charge in [0, 0.05) is 22.3 Å². The van der Waals surface area contributed by atoms with Crippen molar-refractivity contribution in [2.75, 3.05) is 4.90 Å². The van der Waals surface area contributed by atoms with E-state index in [-0.39, 0.29) is 5.78 Å². The van der Waals surface area contributed by atoms with Gasteiger partial charge in [-0.3, -0.25) is 4.79 Å². The molecule has 3 aliphatic rings. The molecule has 0 amide bonds. The van der Waals surface area contributed by atoms with E-state index >= 15 is 0 Å². The quantitative estimate of drug-likeness (QED) is 0.169. The second-order valence-corrected chi connectivity index (χ2v) is 14.1. The van der Waals surface area contributed by atoms with Crippen LogP contribution in [0.15, 0.2) is 188 Å². The summed E-state index contributed by atoms with van der Waals surface area (Å²) in [4.78, 5) is 16.2. The zero-order chi connectivity index (χ0) is 35.8. The lowest BCUT2D eigenvalue weighted by Crippen LogP contribution is -2.36. The average molecular weight is 686 g/mol. The Bertz CT molecular complexity index is 2840. The number of fused-ring (bicyclic) bond motifs is 12. The molecular weight excluding hydrogens is 655 g/mol. The van der Waals surface area contributed by atoms with Crippen molar-refractivity contribution < 1.29 is 4.79 Å². The van der Waals surface area contributed by atoms with Gasteiger partial charge < -0.3 is 4.90 Å². The summed E-state index contributed by atoms with van der Waals surface area (Å²) in [5, 5.41) is 0. The topological polar surface area (TPSA) is 20.3 Å². The third-order valence-electron chi connectivity index (χ3n) is 11.5. The smallest absolute Gasteiger partial charge is 0.194 e. The Morgan fingerprint density at radius 1 is 0.333 bits per heavy atom. The lowest BCUT2D eigenvalue weighted by atomic mass is 9.64. The van der Waals surface area contributed by atoms with Crippen molar-refractivity contribution in [3.8, 4) is 45.2 Å². The first kappa shape index (κ1) is 30.4. The van der Waals surface area contributed by atoms with Crippen molar-refractivity contribution in [1.82, 2.24) is 0 Å². The summed E-state index contributed by atoms with van der Waals surface area (Å²) in [5.41, 5.74) is 17.6.